The lowest BCUT2D eigenvalue weighted by atomic mass is 10.2. The van der Waals surface area contributed by atoms with Crippen LogP contribution in [0.3, 0.4) is 0 Å². The number of carbonyl (C=O) groups excluding carboxylic acids is 1. The molecule has 0 aliphatic carbocycles. The Morgan fingerprint density at radius 1 is 1.23 bits per heavy atom. The van der Waals surface area contributed by atoms with Crippen molar-refractivity contribution in [2.24, 2.45) is 0 Å². The van der Waals surface area contributed by atoms with Crippen molar-refractivity contribution < 1.29 is 14.3 Å². The molecule has 0 bridgehead atoms. The summed E-state index contributed by atoms with van der Waals surface area (Å²) in [5.41, 5.74) is 0.561. The van der Waals surface area contributed by atoms with Crippen LogP contribution in [0.1, 0.15) is 35.8 Å². The van der Waals surface area contributed by atoms with Gasteiger partial charge in [0.05, 0.1) is 13.7 Å². The van der Waals surface area contributed by atoms with Crippen LogP contribution in [-0.4, -0.2) is 47.3 Å². The molecule has 1 aliphatic heterocycles. The van der Waals surface area contributed by atoms with Gasteiger partial charge in [0.15, 0.2) is 11.5 Å². The molecule has 1 aliphatic rings. The normalized spacial score (nSPS) is 13.6. The van der Waals surface area contributed by atoms with E-state index in [1.165, 1.54) is 21.9 Å². The Bertz CT molecular complexity index is 1120. The highest BCUT2D eigenvalue weighted by molar-refractivity contribution is 7.20. The van der Waals surface area contributed by atoms with Crippen LogP contribution < -0.4 is 25.2 Å². The first kappa shape index (κ1) is 20.1. The Kier molecular flexibility index (Phi) is 5.84. The SMILES string of the molecule is CCOc1cc(CNC(=O)c2cc(=O)nc3sc(N4CCCC4)nn23)ccc1OC. The van der Waals surface area contributed by atoms with Crippen molar-refractivity contribution in [3.05, 3.63) is 45.9 Å². The van der Waals surface area contributed by atoms with Crippen molar-refractivity contribution in [3.63, 3.8) is 0 Å². The van der Waals surface area contributed by atoms with E-state index in [9.17, 15) is 9.59 Å². The zero-order chi connectivity index (χ0) is 21.1. The minimum Gasteiger partial charge on any atom is -0.493 e. The average molecular weight is 430 g/mol. The van der Waals surface area contributed by atoms with Crippen LogP contribution >= 0.6 is 11.3 Å². The molecule has 2 aromatic heterocycles. The molecular formula is C20H23N5O4S. The van der Waals surface area contributed by atoms with Crippen LogP contribution in [0.15, 0.2) is 29.1 Å². The van der Waals surface area contributed by atoms with Crippen molar-refractivity contribution in [3.8, 4) is 11.5 Å². The van der Waals surface area contributed by atoms with Gasteiger partial charge in [-0.15, -0.1) is 5.10 Å². The van der Waals surface area contributed by atoms with Gasteiger partial charge in [-0.25, -0.2) is 0 Å². The smallest absolute Gasteiger partial charge is 0.274 e. The number of ether oxygens (including phenoxy) is 2. The molecule has 0 spiro atoms. The number of amides is 1. The first-order chi connectivity index (χ1) is 14.6. The van der Waals surface area contributed by atoms with Crippen LogP contribution in [0.5, 0.6) is 11.5 Å². The second kappa shape index (κ2) is 8.70. The van der Waals surface area contributed by atoms with Gasteiger partial charge in [-0.2, -0.15) is 9.50 Å². The maximum atomic E-state index is 12.8. The van der Waals surface area contributed by atoms with E-state index in [0.717, 1.165) is 36.6 Å². The highest BCUT2D eigenvalue weighted by Gasteiger charge is 2.20. The summed E-state index contributed by atoms with van der Waals surface area (Å²) in [7, 11) is 1.58. The second-order valence-electron chi connectivity index (χ2n) is 6.85. The molecule has 1 aromatic carbocycles. The molecule has 158 valence electrons. The number of carbonyl (C=O) groups is 1. The highest BCUT2D eigenvalue weighted by atomic mass is 32.1. The number of anilines is 1. The third kappa shape index (κ3) is 4.09. The number of hydrogen-bond acceptors (Lipinski definition) is 8. The fourth-order valence-corrected chi connectivity index (χ4v) is 4.33. The van der Waals surface area contributed by atoms with Crippen molar-refractivity contribution in [2.45, 2.75) is 26.3 Å². The number of hydrogen-bond donors (Lipinski definition) is 1. The molecule has 30 heavy (non-hydrogen) atoms. The fraction of sp³-hybridized carbons (Fsp3) is 0.400. The molecule has 3 aromatic rings. The first-order valence-corrected chi connectivity index (χ1v) is 10.6. The number of nitrogens with zero attached hydrogens (tertiary/aromatic N) is 4. The largest absolute Gasteiger partial charge is 0.493 e. The molecule has 9 nitrogen and oxygen atoms in total. The van der Waals surface area contributed by atoms with Gasteiger partial charge in [-0.1, -0.05) is 17.4 Å². The number of rotatable bonds is 7. The minimum absolute atomic E-state index is 0.172. The molecule has 4 rings (SSSR count). The molecule has 1 fully saturated rings. The summed E-state index contributed by atoms with van der Waals surface area (Å²) in [6.07, 6.45) is 2.22. The molecule has 10 heteroatoms. The van der Waals surface area contributed by atoms with E-state index in [4.69, 9.17) is 9.47 Å². The number of nitrogens with one attached hydrogen (secondary N) is 1. The Morgan fingerprint density at radius 3 is 2.77 bits per heavy atom. The van der Waals surface area contributed by atoms with Gasteiger partial charge in [-0.05, 0) is 37.5 Å². The fourth-order valence-electron chi connectivity index (χ4n) is 3.38. The Labute approximate surface area is 177 Å². The molecule has 3 heterocycles. The van der Waals surface area contributed by atoms with Crippen molar-refractivity contribution in [1.29, 1.82) is 0 Å². The molecule has 1 amide bonds. The topological polar surface area (TPSA) is 98.1 Å². The van der Waals surface area contributed by atoms with Gasteiger partial charge in [0, 0.05) is 25.7 Å². The van der Waals surface area contributed by atoms with E-state index < -0.39 is 11.5 Å². The predicted octanol–water partition coefficient (Wildman–Crippen LogP) is 2.09. The van der Waals surface area contributed by atoms with Crippen molar-refractivity contribution >= 4 is 27.3 Å². The standard InChI is InChI=1S/C20H23N5O4S/c1-3-29-16-10-13(6-7-15(16)28-2)12-21-18(27)14-11-17(26)22-19-25(14)23-20(30-19)24-8-4-5-9-24/h6-7,10-11H,3-5,8-9,12H2,1-2H3,(H,21,27). The first-order valence-electron chi connectivity index (χ1n) is 9.83. The zero-order valence-electron chi connectivity index (χ0n) is 16.9. The number of benzene rings is 1. The molecule has 0 radical (unpaired) electrons. The molecule has 0 atom stereocenters. The summed E-state index contributed by atoms with van der Waals surface area (Å²) in [5.74, 6) is 0.854. The number of methoxy groups -OCH3 is 1. The van der Waals surface area contributed by atoms with Crippen LogP contribution in [0, 0.1) is 0 Å². The quantitative estimate of drug-likeness (QED) is 0.614. The third-order valence-electron chi connectivity index (χ3n) is 4.83. The van der Waals surface area contributed by atoms with E-state index in [-0.39, 0.29) is 12.2 Å². The van der Waals surface area contributed by atoms with Gasteiger partial charge >= 0.3 is 0 Å². The predicted molar refractivity (Wildman–Crippen MR) is 114 cm³/mol. The molecule has 0 unspecified atom stereocenters. The molecule has 1 N–H and O–H groups in total. The van der Waals surface area contributed by atoms with E-state index in [0.29, 0.717) is 23.1 Å². The lowest BCUT2D eigenvalue weighted by molar-refractivity contribution is 0.0943. The van der Waals surface area contributed by atoms with Crippen LogP contribution in [-0.2, 0) is 6.54 Å². The Morgan fingerprint density at radius 2 is 2.03 bits per heavy atom. The Hall–Kier alpha value is -3.14. The second-order valence-corrected chi connectivity index (χ2v) is 7.79. The van der Waals surface area contributed by atoms with Gasteiger partial charge < -0.3 is 19.7 Å². The van der Waals surface area contributed by atoms with Crippen LogP contribution in [0.25, 0.3) is 4.96 Å². The van der Waals surface area contributed by atoms with E-state index in [1.807, 2.05) is 19.1 Å². The maximum absolute atomic E-state index is 12.8. The number of aromatic nitrogens is 3. The van der Waals surface area contributed by atoms with Gasteiger partial charge in [0.25, 0.3) is 11.5 Å². The summed E-state index contributed by atoms with van der Waals surface area (Å²) in [6.45, 7) is 4.51. The van der Waals surface area contributed by atoms with E-state index >= 15 is 0 Å². The summed E-state index contributed by atoms with van der Waals surface area (Å²) in [6, 6.07) is 6.69. The third-order valence-corrected chi connectivity index (χ3v) is 5.80. The average Bonchev–Trinajstić information content (AvgIpc) is 3.41. The monoisotopic (exact) mass is 429 g/mol. The Balaban J connectivity index is 1.56. The van der Waals surface area contributed by atoms with Crippen molar-refractivity contribution in [1.82, 2.24) is 19.9 Å². The summed E-state index contributed by atoms with van der Waals surface area (Å²) < 4.78 is 12.3. The van der Waals surface area contributed by atoms with Crippen molar-refractivity contribution in [2.75, 3.05) is 31.7 Å². The maximum Gasteiger partial charge on any atom is 0.274 e. The molecule has 1 saturated heterocycles. The van der Waals surface area contributed by atoms with E-state index in [2.05, 4.69) is 20.3 Å². The number of fused-ring (bicyclic) bond motifs is 1. The molecule has 0 saturated carbocycles. The summed E-state index contributed by atoms with van der Waals surface area (Å²) in [5, 5.41) is 8.16. The highest BCUT2D eigenvalue weighted by Crippen LogP contribution is 2.28. The lowest BCUT2D eigenvalue weighted by Crippen LogP contribution is -2.27. The van der Waals surface area contributed by atoms with E-state index in [1.54, 1.807) is 13.2 Å². The van der Waals surface area contributed by atoms with Gasteiger partial charge in [0.1, 0.15) is 5.69 Å². The van der Waals surface area contributed by atoms with Gasteiger partial charge in [-0.3, -0.25) is 9.59 Å². The minimum atomic E-state index is -0.458. The zero-order valence-corrected chi connectivity index (χ0v) is 17.7. The summed E-state index contributed by atoms with van der Waals surface area (Å²) in [4.78, 5) is 31.4. The molecular weight excluding hydrogens is 406 g/mol. The van der Waals surface area contributed by atoms with Gasteiger partial charge in [0.2, 0.25) is 10.1 Å². The van der Waals surface area contributed by atoms with Crippen LogP contribution in [0.2, 0.25) is 0 Å². The van der Waals surface area contributed by atoms with Crippen LogP contribution in [0.4, 0.5) is 5.13 Å². The summed E-state index contributed by atoms with van der Waals surface area (Å²) >= 11 is 1.32. The lowest BCUT2D eigenvalue weighted by Gasteiger charge is -2.12.